The van der Waals surface area contributed by atoms with Gasteiger partial charge in [0.2, 0.25) is 0 Å². The van der Waals surface area contributed by atoms with Gasteiger partial charge in [-0.3, -0.25) is 12.2 Å². The molecular weight excluding hydrogens is 493 g/mol. The molecule has 0 atom stereocenters. The third kappa shape index (κ3) is 28.9. The number of hydrogen-bond donors (Lipinski definition) is 0. The van der Waals surface area contributed by atoms with Gasteiger partial charge < -0.3 is 13.8 Å². The summed E-state index contributed by atoms with van der Waals surface area (Å²) in [6.07, 6.45) is 20.0. The molecule has 0 heterocycles. The molecule has 0 aliphatic heterocycles. The van der Waals surface area contributed by atoms with Gasteiger partial charge in [-0.15, -0.1) is 37.1 Å². The monoisotopic (exact) mass is 524 g/mol. The average Bonchev–Trinajstić information content (AvgIpc) is 3.52. The molecule has 0 saturated heterocycles. The van der Waals surface area contributed by atoms with Crippen LogP contribution in [0.1, 0.15) is 37.8 Å². The minimum Gasteiger partial charge on any atom is -0.346 e. The SMILES string of the molecule is [C-]1=CC=CC1.[C-]1=CC=CC1.[CH2-]C.[CH2-]C.[CH2-]c1ccccc1.[CH2-]c1ccccc1.[Zn].[Zr+2]. The van der Waals surface area contributed by atoms with Crippen LogP contribution < -0.4 is 0 Å². The Hall–Kier alpha value is -1.35. The summed E-state index contributed by atoms with van der Waals surface area (Å²) in [5, 5.41) is 0. The van der Waals surface area contributed by atoms with Crippen LogP contribution in [0.15, 0.2) is 97.1 Å². The van der Waals surface area contributed by atoms with Crippen molar-refractivity contribution in [3.63, 3.8) is 0 Å². The first kappa shape index (κ1) is 36.0. The predicted molar refractivity (Wildman–Crippen MR) is 127 cm³/mol. The summed E-state index contributed by atoms with van der Waals surface area (Å²) in [5.74, 6) is 0. The first-order chi connectivity index (χ1) is 13.8. The van der Waals surface area contributed by atoms with Gasteiger partial charge in [0.05, 0.1) is 0 Å². The maximum atomic E-state index is 3.72. The van der Waals surface area contributed by atoms with Crippen molar-refractivity contribution in [2.75, 3.05) is 0 Å². The Morgan fingerprint density at radius 1 is 0.600 bits per heavy atom. The third-order valence-corrected chi connectivity index (χ3v) is 2.86. The van der Waals surface area contributed by atoms with Gasteiger partial charge in [-0.05, 0) is 0 Å². The van der Waals surface area contributed by atoms with Crippen molar-refractivity contribution in [1.82, 2.24) is 0 Å². The molecule has 2 aromatic carbocycles. The van der Waals surface area contributed by atoms with Crippen molar-refractivity contribution < 1.29 is 45.7 Å². The van der Waals surface area contributed by atoms with E-state index >= 15 is 0 Å². The van der Waals surface area contributed by atoms with Gasteiger partial charge in [-0.2, -0.15) is 75.2 Å². The second kappa shape index (κ2) is 32.3. The van der Waals surface area contributed by atoms with Gasteiger partial charge in [0.25, 0.3) is 0 Å². The van der Waals surface area contributed by atoms with Crippen LogP contribution in [0.3, 0.4) is 0 Å². The van der Waals surface area contributed by atoms with E-state index in [9.17, 15) is 0 Å². The molecule has 0 N–H and O–H groups in total. The minimum absolute atomic E-state index is 0. The Kier molecular flexibility index (Phi) is 38.8. The predicted octanol–water partition coefficient (Wildman–Crippen LogP) is 8.02. The van der Waals surface area contributed by atoms with Crippen molar-refractivity contribution in [2.45, 2.75) is 26.7 Å². The summed E-state index contributed by atoms with van der Waals surface area (Å²) in [7, 11) is 0. The maximum absolute atomic E-state index is 3.72. The van der Waals surface area contributed by atoms with Crippen LogP contribution in [-0.4, -0.2) is 0 Å². The van der Waals surface area contributed by atoms with E-state index in [2.05, 4.69) is 52.0 Å². The summed E-state index contributed by atoms with van der Waals surface area (Å²) in [5.41, 5.74) is 2.14. The molecule has 0 saturated carbocycles. The Balaban J connectivity index is -0.000000140. The molecule has 0 unspecified atom stereocenters. The van der Waals surface area contributed by atoms with Gasteiger partial charge in [-0.1, -0.05) is 12.1 Å². The normalized spacial score (nSPS) is 10.3. The third-order valence-electron chi connectivity index (χ3n) is 2.86. The van der Waals surface area contributed by atoms with Crippen LogP contribution in [-0.2, 0) is 45.7 Å². The summed E-state index contributed by atoms with van der Waals surface area (Å²) < 4.78 is 0. The molecule has 0 aromatic heterocycles. The molecule has 0 bridgehead atoms. The number of rotatable bonds is 0. The van der Waals surface area contributed by atoms with E-state index in [0.29, 0.717) is 0 Å². The van der Waals surface area contributed by atoms with Gasteiger partial charge in [0, 0.05) is 19.5 Å². The van der Waals surface area contributed by atoms with Crippen molar-refractivity contribution in [3.05, 3.63) is 148 Å². The van der Waals surface area contributed by atoms with Crippen molar-refractivity contribution in [2.24, 2.45) is 0 Å². The van der Waals surface area contributed by atoms with E-state index in [1.807, 2.05) is 85.0 Å². The Bertz CT molecular complexity index is 561. The van der Waals surface area contributed by atoms with Gasteiger partial charge >= 0.3 is 26.2 Å². The van der Waals surface area contributed by atoms with E-state index in [-0.39, 0.29) is 45.7 Å². The molecule has 2 aliphatic rings. The van der Waals surface area contributed by atoms with Gasteiger partial charge in [0.1, 0.15) is 0 Å². The van der Waals surface area contributed by atoms with Crippen LogP contribution in [0.4, 0.5) is 0 Å². The van der Waals surface area contributed by atoms with E-state index in [0.717, 1.165) is 24.0 Å². The molecule has 30 heavy (non-hydrogen) atoms. The van der Waals surface area contributed by atoms with Crippen LogP contribution in [0.2, 0.25) is 0 Å². The fraction of sp³-hybridized carbons (Fsp3) is 0.143. The summed E-state index contributed by atoms with van der Waals surface area (Å²) in [4.78, 5) is 0. The first-order valence-corrected chi connectivity index (χ1v) is 9.38. The van der Waals surface area contributed by atoms with Crippen molar-refractivity contribution in [1.29, 1.82) is 0 Å². The maximum Gasteiger partial charge on any atom is 2.00 e. The van der Waals surface area contributed by atoms with E-state index in [1.54, 1.807) is 13.8 Å². The molecule has 0 spiro atoms. The van der Waals surface area contributed by atoms with Crippen LogP contribution in [0, 0.1) is 39.8 Å². The number of benzene rings is 2. The average molecular weight is 527 g/mol. The Labute approximate surface area is 219 Å². The number of allylic oxidation sites excluding steroid dienone is 8. The van der Waals surface area contributed by atoms with E-state index in [1.165, 1.54) is 0 Å². The minimum atomic E-state index is 0. The Morgan fingerprint density at radius 3 is 1.00 bits per heavy atom. The molecule has 2 aliphatic carbocycles. The largest absolute Gasteiger partial charge is 2.00 e. The second-order valence-corrected chi connectivity index (χ2v) is 4.98. The zero-order chi connectivity index (χ0) is 21.3. The summed E-state index contributed by atoms with van der Waals surface area (Å²) >= 11 is 0. The van der Waals surface area contributed by atoms with E-state index in [4.69, 9.17) is 0 Å². The topological polar surface area (TPSA) is 0 Å². The fourth-order valence-corrected chi connectivity index (χ4v) is 1.64. The molecule has 0 nitrogen and oxygen atoms in total. The molecule has 4 rings (SSSR count). The molecule has 0 amide bonds. The molecule has 0 fully saturated rings. The van der Waals surface area contributed by atoms with E-state index < -0.39 is 0 Å². The second-order valence-electron chi connectivity index (χ2n) is 4.98. The summed E-state index contributed by atoms with van der Waals surface area (Å²) in [6, 6.07) is 19.7. The zero-order valence-corrected chi connectivity index (χ0v) is 24.1. The summed E-state index contributed by atoms with van der Waals surface area (Å²) in [6.45, 7) is 17.4. The van der Waals surface area contributed by atoms with Crippen molar-refractivity contribution >= 4 is 0 Å². The van der Waals surface area contributed by atoms with Gasteiger partial charge in [-0.25, -0.2) is 24.3 Å². The van der Waals surface area contributed by atoms with Gasteiger partial charge in [0.15, 0.2) is 0 Å². The quantitative estimate of drug-likeness (QED) is 0.241. The van der Waals surface area contributed by atoms with Crippen molar-refractivity contribution in [3.8, 4) is 0 Å². The molecule has 0 radical (unpaired) electrons. The molecule has 156 valence electrons. The smallest absolute Gasteiger partial charge is 0.346 e. The fourth-order valence-electron chi connectivity index (χ4n) is 1.64. The first-order valence-electron chi connectivity index (χ1n) is 9.38. The van der Waals surface area contributed by atoms with Crippen LogP contribution in [0.5, 0.6) is 0 Å². The molecule has 2 aromatic rings. The van der Waals surface area contributed by atoms with Crippen LogP contribution >= 0.6 is 0 Å². The number of hydrogen-bond acceptors (Lipinski definition) is 0. The van der Waals surface area contributed by atoms with Crippen LogP contribution in [0.25, 0.3) is 0 Å². The Morgan fingerprint density at radius 2 is 0.900 bits per heavy atom. The standard InChI is InChI=1S/2C7H7.2C5H5.2C2H5.Zn.Zr/c2*1-7-5-3-2-4-6-7;2*1-2-4-5-3-1;2*1-2;;/h2*2-6H,1H2;2*1-3H,4H2;2*1H2,2H3;;/q6*-1;;+2. The molecular formula is C28H34ZnZr-4. The zero-order valence-electron chi connectivity index (χ0n) is 18.7. The molecule has 2 heteroatoms.